The zero-order valence-corrected chi connectivity index (χ0v) is 8.63. The summed E-state index contributed by atoms with van der Waals surface area (Å²) >= 11 is 1.67. The smallest absolute Gasteiger partial charge is 0.114 e. The first-order valence-electron chi connectivity index (χ1n) is 4.47. The third-order valence-electron chi connectivity index (χ3n) is 1.64. The summed E-state index contributed by atoms with van der Waals surface area (Å²) in [5, 5.41) is 0.953. The number of aromatic nitrogens is 2. The fraction of sp³-hybridized carbons (Fsp3) is 0.556. The van der Waals surface area contributed by atoms with Crippen molar-refractivity contribution in [1.29, 1.82) is 0 Å². The zero-order valence-electron chi connectivity index (χ0n) is 7.81. The Bertz CT molecular complexity index is 228. The molecule has 72 valence electrons. The summed E-state index contributed by atoms with van der Waals surface area (Å²) < 4.78 is 0. The fourth-order valence-corrected chi connectivity index (χ4v) is 1.83. The van der Waals surface area contributed by atoms with Crippen molar-refractivity contribution in [2.24, 2.45) is 5.73 Å². The summed E-state index contributed by atoms with van der Waals surface area (Å²) in [4.78, 5) is 8.14. The van der Waals surface area contributed by atoms with E-state index in [2.05, 4.69) is 16.9 Å². The summed E-state index contributed by atoms with van der Waals surface area (Å²) in [7, 11) is 0. The number of nitrogens with zero attached hydrogens (tertiary/aromatic N) is 2. The molecule has 0 spiro atoms. The normalized spacial score (nSPS) is 12.8. The summed E-state index contributed by atoms with van der Waals surface area (Å²) in [6.45, 7) is 2.15. The highest BCUT2D eigenvalue weighted by Crippen LogP contribution is 2.14. The first kappa shape index (κ1) is 10.5. The van der Waals surface area contributed by atoms with Crippen LogP contribution in [0.2, 0.25) is 0 Å². The Labute approximate surface area is 83.2 Å². The van der Waals surface area contributed by atoms with E-state index in [1.807, 2.05) is 0 Å². The second kappa shape index (κ2) is 5.94. The number of hydrogen-bond donors (Lipinski definition) is 1. The maximum Gasteiger partial charge on any atom is 0.114 e. The lowest BCUT2D eigenvalue weighted by molar-refractivity contribution is 0.660. The van der Waals surface area contributed by atoms with E-state index in [1.165, 1.54) is 0 Å². The fourth-order valence-electron chi connectivity index (χ4n) is 1.01. The van der Waals surface area contributed by atoms with Gasteiger partial charge in [-0.25, -0.2) is 4.98 Å². The van der Waals surface area contributed by atoms with Gasteiger partial charge in [-0.05, 0) is 6.42 Å². The lowest BCUT2D eigenvalue weighted by Gasteiger charge is -2.08. The van der Waals surface area contributed by atoms with Crippen LogP contribution in [0.4, 0.5) is 0 Å². The molecule has 0 radical (unpaired) electrons. The van der Waals surface area contributed by atoms with Gasteiger partial charge >= 0.3 is 0 Å². The maximum absolute atomic E-state index is 5.86. The summed E-state index contributed by atoms with van der Waals surface area (Å²) in [6.07, 6.45) is 7.36. The van der Waals surface area contributed by atoms with E-state index in [4.69, 9.17) is 5.73 Å². The van der Waals surface area contributed by atoms with E-state index < -0.39 is 0 Å². The molecule has 1 atom stereocenters. The van der Waals surface area contributed by atoms with Crippen molar-refractivity contribution in [3.8, 4) is 0 Å². The molecule has 4 heteroatoms. The van der Waals surface area contributed by atoms with Gasteiger partial charge in [-0.15, -0.1) is 11.8 Å². The lowest BCUT2D eigenvalue weighted by atomic mass is 10.2. The van der Waals surface area contributed by atoms with Crippen LogP contribution in [-0.2, 0) is 0 Å². The Kier molecular flexibility index (Phi) is 4.78. The molecule has 1 aromatic heterocycles. The van der Waals surface area contributed by atoms with Crippen LogP contribution in [0.1, 0.15) is 19.8 Å². The minimum absolute atomic E-state index is 0.275. The van der Waals surface area contributed by atoms with Crippen LogP contribution in [0.5, 0.6) is 0 Å². The van der Waals surface area contributed by atoms with Crippen molar-refractivity contribution >= 4 is 11.8 Å². The van der Waals surface area contributed by atoms with E-state index in [0.29, 0.717) is 0 Å². The number of thioether (sulfide) groups is 1. The van der Waals surface area contributed by atoms with Crippen LogP contribution >= 0.6 is 11.8 Å². The van der Waals surface area contributed by atoms with Gasteiger partial charge in [0.15, 0.2) is 0 Å². The number of nitrogens with two attached hydrogens (primary N) is 1. The highest BCUT2D eigenvalue weighted by atomic mass is 32.2. The van der Waals surface area contributed by atoms with Crippen molar-refractivity contribution < 1.29 is 0 Å². The predicted molar refractivity (Wildman–Crippen MR) is 55.6 cm³/mol. The van der Waals surface area contributed by atoms with Gasteiger partial charge in [0, 0.05) is 24.2 Å². The van der Waals surface area contributed by atoms with Crippen LogP contribution in [-0.4, -0.2) is 21.8 Å². The molecule has 13 heavy (non-hydrogen) atoms. The molecular weight excluding hydrogens is 182 g/mol. The Morgan fingerprint density at radius 3 is 3.00 bits per heavy atom. The second-order valence-corrected chi connectivity index (χ2v) is 3.94. The molecule has 0 bridgehead atoms. The van der Waals surface area contributed by atoms with Crippen LogP contribution < -0.4 is 5.73 Å². The monoisotopic (exact) mass is 197 g/mol. The third-order valence-corrected chi connectivity index (χ3v) is 2.75. The van der Waals surface area contributed by atoms with Crippen molar-refractivity contribution in [2.75, 3.05) is 5.75 Å². The molecule has 0 aliphatic rings. The Morgan fingerprint density at radius 2 is 2.38 bits per heavy atom. The van der Waals surface area contributed by atoms with Crippen LogP contribution in [0.3, 0.4) is 0 Å². The average Bonchev–Trinajstić information content (AvgIpc) is 2.17. The van der Waals surface area contributed by atoms with Gasteiger partial charge in [0.05, 0.1) is 6.20 Å². The van der Waals surface area contributed by atoms with Gasteiger partial charge in [0.2, 0.25) is 0 Å². The van der Waals surface area contributed by atoms with Gasteiger partial charge in [-0.1, -0.05) is 13.3 Å². The molecule has 1 unspecified atom stereocenters. The van der Waals surface area contributed by atoms with Crippen molar-refractivity contribution in [2.45, 2.75) is 30.8 Å². The molecule has 0 aliphatic heterocycles. The molecule has 0 saturated carbocycles. The summed E-state index contributed by atoms with van der Waals surface area (Å²) in [5.41, 5.74) is 5.86. The lowest BCUT2D eigenvalue weighted by Crippen LogP contribution is -2.22. The largest absolute Gasteiger partial charge is 0.327 e. The van der Waals surface area contributed by atoms with E-state index in [0.717, 1.165) is 23.6 Å². The topological polar surface area (TPSA) is 51.8 Å². The molecule has 1 aromatic rings. The van der Waals surface area contributed by atoms with E-state index in [-0.39, 0.29) is 6.04 Å². The summed E-state index contributed by atoms with van der Waals surface area (Å²) in [5.74, 6) is 0.923. The van der Waals surface area contributed by atoms with E-state index >= 15 is 0 Å². The first-order valence-corrected chi connectivity index (χ1v) is 5.46. The van der Waals surface area contributed by atoms with Crippen molar-refractivity contribution in [1.82, 2.24) is 9.97 Å². The highest BCUT2D eigenvalue weighted by Gasteiger charge is 2.02. The van der Waals surface area contributed by atoms with Crippen LogP contribution in [0, 0.1) is 0 Å². The van der Waals surface area contributed by atoms with Crippen molar-refractivity contribution in [3.05, 3.63) is 18.6 Å². The minimum Gasteiger partial charge on any atom is -0.327 e. The second-order valence-electron chi connectivity index (χ2n) is 2.90. The SMILES string of the molecule is CCCC(N)CSc1cnccn1. The molecule has 0 amide bonds. The Hall–Kier alpha value is -0.610. The number of rotatable bonds is 5. The molecule has 0 aliphatic carbocycles. The van der Waals surface area contributed by atoms with Gasteiger partial charge in [-0.2, -0.15) is 0 Å². The quantitative estimate of drug-likeness (QED) is 0.730. The van der Waals surface area contributed by atoms with E-state index in [1.54, 1.807) is 30.4 Å². The summed E-state index contributed by atoms with van der Waals surface area (Å²) in [6, 6.07) is 0.275. The van der Waals surface area contributed by atoms with Crippen molar-refractivity contribution in [3.63, 3.8) is 0 Å². The molecule has 1 rings (SSSR count). The predicted octanol–water partition coefficient (Wildman–Crippen LogP) is 1.70. The Morgan fingerprint density at radius 1 is 1.54 bits per heavy atom. The van der Waals surface area contributed by atoms with Gasteiger partial charge in [0.1, 0.15) is 5.03 Å². The third kappa shape index (κ3) is 4.24. The zero-order chi connectivity index (χ0) is 9.52. The standard InChI is InChI=1S/C9H15N3S/c1-2-3-8(10)7-13-9-6-11-4-5-12-9/h4-6,8H,2-3,7,10H2,1H3. The molecule has 0 saturated heterocycles. The average molecular weight is 197 g/mol. The maximum atomic E-state index is 5.86. The minimum atomic E-state index is 0.275. The molecule has 1 heterocycles. The molecule has 3 nitrogen and oxygen atoms in total. The molecule has 2 N–H and O–H groups in total. The Balaban J connectivity index is 2.27. The van der Waals surface area contributed by atoms with E-state index in [9.17, 15) is 0 Å². The van der Waals surface area contributed by atoms with Crippen LogP contribution in [0.25, 0.3) is 0 Å². The first-order chi connectivity index (χ1) is 6.33. The molecular formula is C9H15N3S. The van der Waals surface area contributed by atoms with Crippen LogP contribution in [0.15, 0.2) is 23.6 Å². The number of hydrogen-bond acceptors (Lipinski definition) is 4. The van der Waals surface area contributed by atoms with Gasteiger partial charge in [0.25, 0.3) is 0 Å². The molecule has 0 aromatic carbocycles. The molecule has 0 fully saturated rings. The van der Waals surface area contributed by atoms with Gasteiger partial charge in [-0.3, -0.25) is 4.98 Å². The van der Waals surface area contributed by atoms with Gasteiger partial charge < -0.3 is 5.73 Å². The highest BCUT2D eigenvalue weighted by molar-refractivity contribution is 7.99.